The van der Waals surface area contributed by atoms with Crippen LogP contribution >= 0.6 is 0 Å². The Morgan fingerprint density at radius 1 is 1.17 bits per heavy atom. The third kappa shape index (κ3) is 3.99. The summed E-state index contributed by atoms with van der Waals surface area (Å²) >= 11 is 0. The van der Waals surface area contributed by atoms with Gasteiger partial charge in [-0.15, -0.1) is 0 Å². The molecule has 7 heteroatoms. The van der Waals surface area contributed by atoms with Gasteiger partial charge in [-0.05, 0) is 30.9 Å². The molecular weight excluding hydrogens is 316 g/mol. The number of aryl methyl sites for hydroxylation is 2. The molecule has 23 heavy (non-hydrogen) atoms. The number of aliphatic hydroxyl groups is 1. The third-order valence-corrected chi connectivity index (χ3v) is 5.36. The Bertz CT molecular complexity index is 744. The summed E-state index contributed by atoms with van der Waals surface area (Å²) in [5.74, 6) is 0.630. The van der Waals surface area contributed by atoms with Crippen LogP contribution in [0.4, 0.5) is 0 Å². The van der Waals surface area contributed by atoms with Crippen LogP contribution < -0.4 is 4.72 Å². The lowest BCUT2D eigenvalue weighted by atomic mass is 10.00. The lowest BCUT2D eigenvalue weighted by Gasteiger charge is -2.14. The van der Waals surface area contributed by atoms with E-state index in [0.717, 1.165) is 5.56 Å². The zero-order valence-corrected chi connectivity index (χ0v) is 14.5. The summed E-state index contributed by atoms with van der Waals surface area (Å²) in [6, 6.07) is 7.49. The highest BCUT2D eigenvalue weighted by Crippen LogP contribution is 2.21. The molecule has 0 aliphatic carbocycles. The van der Waals surface area contributed by atoms with E-state index in [4.69, 9.17) is 4.52 Å². The van der Waals surface area contributed by atoms with Crippen molar-refractivity contribution in [1.82, 2.24) is 9.88 Å². The minimum Gasteiger partial charge on any atom is -0.387 e. The molecule has 1 unspecified atom stereocenters. The zero-order valence-electron chi connectivity index (χ0n) is 13.7. The van der Waals surface area contributed by atoms with Gasteiger partial charge < -0.3 is 9.63 Å². The van der Waals surface area contributed by atoms with Gasteiger partial charge in [-0.3, -0.25) is 0 Å². The second kappa shape index (κ2) is 6.82. The topological polar surface area (TPSA) is 92.4 Å². The third-order valence-electron chi connectivity index (χ3n) is 3.69. The Morgan fingerprint density at radius 3 is 2.22 bits per heavy atom. The molecule has 1 aromatic carbocycles. The maximum atomic E-state index is 12.3. The number of benzene rings is 1. The van der Waals surface area contributed by atoms with Gasteiger partial charge in [0.05, 0.1) is 6.10 Å². The number of hydrogen-bond donors (Lipinski definition) is 2. The van der Waals surface area contributed by atoms with Crippen LogP contribution in [0.1, 0.15) is 48.5 Å². The minimum absolute atomic E-state index is 0.0276. The van der Waals surface area contributed by atoms with Gasteiger partial charge in [-0.2, -0.15) is 0 Å². The van der Waals surface area contributed by atoms with Crippen LogP contribution in [-0.4, -0.2) is 25.2 Å². The predicted octanol–water partition coefficient (Wildman–Crippen LogP) is 2.43. The molecule has 0 saturated heterocycles. The number of sulfonamides is 1. The second-order valence-corrected chi connectivity index (χ2v) is 7.55. The predicted molar refractivity (Wildman–Crippen MR) is 86.7 cm³/mol. The largest absolute Gasteiger partial charge is 0.387 e. The fourth-order valence-corrected chi connectivity index (χ4v) is 3.70. The van der Waals surface area contributed by atoms with E-state index in [1.807, 2.05) is 24.3 Å². The lowest BCUT2D eigenvalue weighted by molar-refractivity contribution is 0.182. The Balaban J connectivity index is 2.08. The zero-order chi connectivity index (χ0) is 17.2. The summed E-state index contributed by atoms with van der Waals surface area (Å²) in [5, 5.41) is 13.8. The highest BCUT2D eigenvalue weighted by Gasteiger charge is 2.24. The van der Waals surface area contributed by atoms with E-state index in [2.05, 4.69) is 23.7 Å². The summed E-state index contributed by atoms with van der Waals surface area (Å²) in [4.78, 5) is 0.0276. The summed E-state index contributed by atoms with van der Waals surface area (Å²) in [6.45, 7) is 7.15. The average molecular weight is 338 g/mol. The van der Waals surface area contributed by atoms with Crippen molar-refractivity contribution in [2.45, 2.75) is 44.6 Å². The SMILES string of the molecule is Cc1noc(C)c1S(=O)(=O)NCC(O)c1ccc(C(C)C)cc1. The summed E-state index contributed by atoms with van der Waals surface area (Å²) in [5.41, 5.74) is 2.12. The van der Waals surface area contributed by atoms with Gasteiger partial charge in [0.25, 0.3) is 0 Å². The minimum atomic E-state index is -3.77. The lowest BCUT2D eigenvalue weighted by Crippen LogP contribution is -2.29. The van der Waals surface area contributed by atoms with Gasteiger partial charge in [-0.25, -0.2) is 13.1 Å². The van der Waals surface area contributed by atoms with E-state index in [1.165, 1.54) is 6.92 Å². The van der Waals surface area contributed by atoms with Crippen LogP contribution in [0.5, 0.6) is 0 Å². The van der Waals surface area contributed by atoms with E-state index in [1.54, 1.807) is 6.92 Å². The van der Waals surface area contributed by atoms with Crippen molar-refractivity contribution in [1.29, 1.82) is 0 Å². The molecule has 6 nitrogen and oxygen atoms in total. The molecule has 1 atom stereocenters. The van der Waals surface area contributed by atoms with Gasteiger partial charge in [0.2, 0.25) is 10.0 Å². The first-order valence-corrected chi connectivity index (χ1v) is 8.91. The van der Waals surface area contributed by atoms with E-state index >= 15 is 0 Å². The summed E-state index contributed by atoms with van der Waals surface area (Å²) in [6.07, 6.45) is -0.925. The van der Waals surface area contributed by atoms with E-state index < -0.39 is 16.1 Å². The Hall–Kier alpha value is -1.70. The van der Waals surface area contributed by atoms with Crippen LogP contribution in [0, 0.1) is 13.8 Å². The molecule has 2 N–H and O–H groups in total. The standard InChI is InChI=1S/C16H22N2O4S/c1-10(2)13-5-7-14(8-6-13)15(19)9-17-23(20,21)16-11(3)18-22-12(16)4/h5-8,10,15,17,19H,9H2,1-4H3. The van der Waals surface area contributed by atoms with Crippen molar-refractivity contribution in [2.24, 2.45) is 0 Å². The number of nitrogens with zero attached hydrogens (tertiary/aromatic N) is 1. The first kappa shape index (κ1) is 17.7. The van der Waals surface area contributed by atoms with Gasteiger partial charge >= 0.3 is 0 Å². The molecule has 0 saturated carbocycles. The molecule has 0 amide bonds. The molecule has 2 aromatic rings. The Morgan fingerprint density at radius 2 is 1.74 bits per heavy atom. The molecule has 0 aliphatic heterocycles. The highest BCUT2D eigenvalue weighted by molar-refractivity contribution is 7.89. The monoisotopic (exact) mass is 338 g/mol. The second-order valence-electron chi connectivity index (χ2n) is 5.84. The molecule has 126 valence electrons. The molecule has 0 bridgehead atoms. The molecule has 0 spiro atoms. The van der Waals surface area contributed by atoms with Crippen LogP contribution in [0.25, 0.3) is 0 Å². The number of nitrogens with one attached hydrogen (secondary N) is 1. The van der Waals surface area contributed by atoms with Crippen molar-refractivity contribution < 1.29 is 18.0 Å². The van der Waals surface area contributed by atoms with Gasteiger partial charge in [0, 0.05) is 6.54 Å². The number of hydrogen-bond acceptors (Lipinski definition) is 5. The molecule has 1 heterocycles. The van der Waals surface area contributed by atoms with Crippen molar-refractivity contribution in [2.75, 3.05) is 6.54 Å². The van der Waals surface area contributed by atoms with Crippen molar-refractivity contribution in [3.05, 3.63) is 46.8 Å². The average Bonchev–Trinajstić information content (AvgIpc) is 2.84. The van der Waals surface area contributed by atoms with E-state index in [9.17, 15) is 13.5 Å². The van der Waals surface area contributed by atoms with Gasteiger partial charge in [0.1, 0.15) is 10.6 Å². The molecule has 2 rings (SSSR count). The molecular formula is C16H22N2O4S. The summed E-state index contributed by atoms with van der Waals surface area (Å²) in [7, 11) is -3.77. The number of aliphatic hydroxyl groups excluding tert-OH is 1. The highest BCUT2D eigenvalue weighted by atomic mass is 32.2. The molecule has 1 aromatic heterocycles. The van der Waals surface area contributed by atoms with Gasteiger partial charge in [-0.1, -0.05) is 43.3 Å². The normalized spacial score (nSPS) is 13.5. The van der Waals surface area contributed by atoms with E-state index in [0.29, 0.717) is 17.2 Å². The van der Waals surface area contributed by atoms with Crippen LogP contribution in [0.2, 0.25) is 0 Å². The van der Waals surface area contributed by atoms with Crippen LogP contribution in [0.15, 0.2) is 33.7 Å². The van der Waals surface area contributed by atoms with Crippen molar-refractivity contribution >= 4 is 10.0 Å². The first-order chi connectivity index (χ1) is 10.7. The smallest absolute Gasteiger partial charge is 0.246 e. The Kier molecular flexibility index (Phi) is 5.23. The van der Waals surface area contributed by atoms with Gasteiger partial charge in [0.15, 0.2) is 5.76 Å². The Labute approximate surface area is 136 Å². The fourth-order valence-electron chi connectivity index (χ4n) is 2.34. The maximum Gasteiger partial charge on any atom is 0.246 e. The fraction of sp³-hybridized carbons (Fsp3) is 0.438. The van der Waals surface area contributed by atoms with Crippen LogP contribution in [-0.2, 0) is 10.0 Å². The first-order valence-electron chi connectivity index (χ1n) is 7.43. The summed E-state index contributed by atoms with van der Waals surface area (Å²) < 4.78 is 31.9. The number of aromatic nitrogens is 1. The molecule has 0 fully saturated rings. The number of rotatable bonds is 6. The van der Waals surface area contributed by atoms with E-state index in [-0.39, 0.29) is 17.2 Å². The molecule has 0 aliphatic rings. The quantitative estimate of drug-likeness (QED) is 0.844. The maximum absolute atomic E-state index is 12.3. The molecule has 0 radical (unpaired) electrons. The van der Waals surface area contributed by atoms with Crippen molar-refractivity contribution in [3.63, 3.8) is 0 Å². The van der Waals surface area contributed by atoms with Crippen molar-refractivity contribution in [3.8, 4) is 0 Å². The van der Waals surface area contributed by atoms with Crippen LogP contribution in [0.3, 0.4) is 0 Å².